The molecule has 1 heterocycles. The van der Waals surface area contributed by atoms with Crippen LogP contribution in [0, 0.1) is 19.7 Å². The number of anilines is 1. The Morgan fingerprint density at radius 2 is 2.10 bits per heavy atom. The van der Waals surface area contributed by atoms with E-state index in [1.165, 1.54) is 0 Å². The highest BCUT2D eigenvalue weighted by Gasteiger charge is 2.12. The van der Waals surface area contributed by atoms with Gasteiger partial charge in [-0.05, 0) is 44.4 Å². The van der Waals surface area contributed by atoms with Gasteiger partial charge in [-0.1, -0.05) is 25.5 Å². The van der Waals surface area contributed by atoms with E-state index >= 15 is 0 Å². The summed E-state index contributed by atoms with van der Waals surface area (Å²) < 4.78 is 15.8. The van der Waals surface area contributed by atoms with E-state index in [1.54, 1.807) is 13.0 Å². The molecule has 0 aliphatic carbocycles. The van der Waals surface area contributed by atoms with E-state index < -0.39 is 0 Å². The summed E-state index contributed by atoms with van der Waals surface area (Å²) in [6, 6.07) is 5.39. The Bertz CT molecular complexity index is 604. The van der Waals surface area contributed by atoms with Crippen molar-refractivity contribution in [1.82, 2.24) is 9.55 Å². The molecule has 0 aliphatic rings. The lowest BCUT2D eigenvalue weighted by Gasteiger charge is -2.17. The van der Waals surface area contributed by atoms with E-state index in [4.69, 9.17) is 0 Å². The number of unbranched alkanes of at least 4 members (excludes halogenated alkanes) is 1. The molecule has 0 amide bonds. The van der Waals surface area contributed by atoms with Crippen molar-refractivity contribution >= 4 is 5.95 Å². The molecule has 0 spiro atoms. The molecule has 1 atom stereocenters. The predicted octanol–water partition coefficient (Wildman–Crippen LogP) is 4.61. The van der Waals surface area contributed by atoms with Crippen molar-refractivity contribution in [2.45, 2.75) is 53.1 Å². The average Bonchev–Trinajstić information content (AvgIpc) is 2.79. The minimum Gasteiger partial charge on any atom is -0.349 e. The number of hydrogen-bond acceptors (Lipinski definition) is 2. The summed E-state index contributed by atoms with van der Waals surface area (Å²) in [7, 11) is 0. The van der Waals surface area contributed by atoms with Crippen molar-refractivity contribution in [2.75, 3.05) is 5.32 Å². The number of halogens is 1. The van der Waals surface area contributed by atoms with Crippen LogP contribution in [0.25, 0.3) is 0 Å². The Morgan fingerprint density at radius 3 is 2.76 bits per heavy atom. The zero-order valence-electron chi connectivity index (χ0n) is 13.3. The molecule has 0 bridgehead atoms. The minimum atomic E-state index is -0.161. The van der Waals surface area contributed by atoms with Crippen molar-refractivity contribution in [2.24, 2.45) is 0 Å². The molecular formula is C17H24FN3. The van der Waals surface area contributed by atoms with Gasteiger partial charge < -0.3 is 9.88 Å². The summed E-state index contributed by atoms with van der Waals surface area (Å²) in [4.78, 5) is 4.53. The SMILES string of the molecule is CCCCn1cc(C)nc1NC(C)c1ccc(C)c(F)c1. The lowest BCUT2D eigenvalue weighted by atomic mass is 10.1. The number of benzene rings is 1. The second-order valence-electron chi connectivity index (χ2n) is 5.63. The molecule has 0 fully saturated rings. The highest BCUT2D eigenvalue weighted by Crippen LogP contribution is 2.21. The van der Waals surface area contributed by atoms with E-state index in [9.17, 15) is 4.39 Å². The lowest BCUT2D eigenvalue weighted by molar-refractivity contribution is 0.612. The summed E-state index contributed by atoms with van der Waals surface area (Å²) >= 11 is 0. The molecular weight excluding hydrogens is 265 g/mol. The highest BCUT2D eigenvalue weighted by molar-refractivity contribution is 5.35. The fourth-order valence-corrected chi connectivity index (χ4v) is 2.32. The zero-order valence-corrected chi connectivity index (χ0v) is 13.3. The summed E-state index contributed by atoms with van der Waals surface area (Å²) in [5.41, 5.74) is 2.60. The van der Waals surface area contributed by atoms with Gasteiger partial charge in [0.2, 0.25) is 5.95 Å². The Labute approximate surface area is 126 Å². The van der Waals surface area contributed by atoms with Gasteiger partial charge in [0.1, 0.15) is 5.82 Å². The number of aromatic nitrogens is 2. The Kier molecular flexibility index (Phi) is 4.99. The number of imidazole rings is 1. The van der Waals surface area contributed by atoms with Crippen LogP contribution in [0.2, 0.25) is 0 Å². The van der Waals surface area contributed by atoms with E-state index in [1.807, 2.05) is 26.0 Å². The Balaban J connectivity index is 2.14. The third-order valence-corrected chi connectivity index (χ3v) is 3.69. The Morgan fingerprint density at radius 1 is 1.33 bits per heavy atom. The third-order valence-electron chi connectivity index (χ3n) is 3.69. The normalized spacial score (nSPS) is 12.4. The van der Waals surface area contributed by atoms with Crippen LogP contribution in [-0.2, 0) is 6.54 Å². The van der Waals surface area contributed by atoms with Gasteiger partial charge in [-0.15, -0.1) is 0 Å². The molecule has 1 N–H and O–H groups in total. The quantitative estimate of drug-likeness (QED) is 0.841. The first-order valence-corrected chi connectivity index (χ1v) is 7.57. The molecule has 2 rings (SSSR count). The van der Waals surface area contributed by atoms with Crippen LogP contribution in [0.5, 0.6) is 0 Å². The summed E-state index contributed by atoms with van der Waals surface area (Å²) in [6.45, 7) is 8.92. The maximum Gasteiger partial charge on any atom is 0.203 e. The van der Waals surface area contributed by atoms with Crippen molar-refractivity contribution < 1.29 is 4.39 Å². The zero-order chi connectivity index (χ0) is 15.4. The second kappa shape index (κ2) is 6.74. The van der Waals surface area contributed by atoms with E-state index in [0.29, 0.717) is 5.56 Å². The number of nitrogens with zero attached hydrogens (tertiary/aromatic N) is 2. The first-order valence-electron chi connectivity index (χ1n) is 7.57. The number of hydrogen-bond donors (Lipinski definition) is 1. The average molecular weight is 289 g/mol. The van der Waals surface area contributed by atoms with Gasteiger partial charge in [-0.2, -0.15) is 0 Å². The maximum absolute atomic E-state index is 13.7. The van der Waals surface area contributed by atoms with Crippen molar-refractivity contribution in [3.63, 3.8) is 0 Å². The lowest BCUT2D eigenvalue weighted by Crippen LogP contribution is -2.12. The van der Waals surface area contributed by atoms with E-state index in [2.05, 4.69) is 28.0 Å². The highest BCUT2D eigenvalue weighted by atomic mass is 19.1. The van der Waals surface area contributed by atoms with Gasteiger partial charge in [0.15, 0.2) is 0 Å². The van der Waals surface area contributed by atoms with Crippen molar-refractivity contribution in [1.29, 1.82) is 0 Å². The van der Waals surface area contributed by atoms with Crippen LogP contribution in [0.15, 0.2) is 24.4 Å². The fraction of sp³-hybridized carbons (Fsp3) is 0.471. The minimum absolute atomic E-state index is 0.0160. The van der Waals surface area contributed by atoms with Crippen LogP contribution in [0.4, 0.5) is 10.3 Å². The van der Waals surface area contributed by atoms with Crippen LogP contribution in [-0.4, -0.2) is 9.55 Å². The van der Waals surface area contributed by atoms with Gasteiger partial charge in [0, 0.05) is 12.7 Å². The number of aryl methyl sites for hydroxylation is 3. The predicted molar refractivity (Wildman–Crippen MR) is 85.0 cm³/mol. The molecule has 1 aromatic carbocycles. The van der Waals surface area contributed by atoms with Crippen LogP contribution >= 0.6 is 0 Å². The standard InChI is InChI=1S/C17H24FN3/c1-5-6-9-21-11-13(3)19-17(21)20-14(4)15-8-7-12(2)16(18)10-15/h7-8,10-11,14H,5-6,9H2,1-4H3,(H,19,20). The largest absolute Gasteiger partial charge is 0.349 e. The van der Waals surface area contributed by atoms with E-state index in [-0.39, 0.29) is 11.9 Å². The molecule has 1 aromatic heterocycles. The van der Waals surface area contributed by atoms with E-state index in [0.717, 1.165) is 36.6 Å². The fourth-order valence-electron chi connectivity index (χ4n) is 2.32. The molecule has 1 unspecified atom stereocenters. The first-order chi connectivity index (χ1) is 10.0. The smallest absolute Gasteiger partial charge is 0.203 e. The summed E-state index contributed by atoms with van der Waals surface area (Å²) in [5, 5.41) is 3.39. The molecule has 3 nitrogen and oxygen atoms in total. The molecule has 0 saturated heterocycles. The molecule has 0 saturated carbocycles. The van der Waals surface area contributed by atoms with Gasteiger partial charge in [-0.25, -0.2) is 9.37 Å². The molecule has 4 heteroatoms. The first kappa shape index (κ1) is 15.5. The van der Waals surface area contributed by atoms with Crippen molar-refractivity contribution in [3.05, 3.63) is 47.0 Å². The van der Waals surface area contributed by atoms with Crippen LogP contribution in [0.3, 0.4) is 0 Å². The van der Waals surface area contributed by atoms with Gasteiger partial charge in [0.25, 0.3) is 0 Å². The van der Waals surface area contributed by atoms with Gasteiger partial charge in [0.05, 0.1) is 11.7 Å². The molecule has 114 valence electrons. The van der Waals surface area contributed by atoms with Gasteiger partial charge in [-0.3, -0.25) is 0 Å². The van der Waals surface area contributed by atoms with Crippen LogP contribution < -0.4 is 5.32 Å². The summed E-state index contributed by atoms with van der Waals surface area (Å²) in [5.74, 6) is 0.695. The molecule has 21 heavy (non-hydrogen) atoms. The summed E-state index contributed by atoms with van der Waals surface area (Å²) in [6.07, 6.45) is 4.33. The van der Waals surface area contributed by atoms with Crippen molar-refractivity contribution in [3.8, 4) is 0 Å². The number of rotatable bonds is 6. The monoisotopic (exact) mass is 289 g/mol. The topological polar surface area (TPSA) is 29.9 Å². The Hall–Kier alpha value is -1.84. The molecule has 2 aromatic rings. The van der Waals surface area contributed by atoms with Crippen LogP contribution in [0.1, 0.15) is 49.6 Å². The second-order valence-corrected chi connectivity index (χ2v) is 5.63. The third kappa shape index (κ3) is 3.84. The maximum atomic E-state index is 13.7. The van der Waals surface area contributed by atoms with Gasteiger partial charge >= 0.3 is 0 Å². The molecule has 0 radical (unpaired) electrons. The number of nitrogens with one attached hydrogen (secondary N) is 1. The molecule has 0 aliphatic heterocycles.